The van der Waals surface area contributed by atoms with E-state index in [0.717, 1.165) is 16.3 Å². The maximum atomic E-state index is 12.0. The highest BCUT2D eigenvalue weighted by molar-refractivity contribution is 6.00. The molecule has 3 N–H and O–H groups in total. The fraction of sp³-hybridized carbons (Fsp3) is 0.0625. The number of azo groups is 1. The molecule has 0 saturated heterocycles. The maximum Gasteiger partial charge on any atom is 0.295 e. The Kier molecular flexibility index (Phi) is 3.23. The number of benzene rings is 2. The van der Waals surface area contributed by atoms with Crippen molar-refractivity contribution in [2.45, 2.75) is 6.92 Å². The van der Waals surface area contributed by atoms with Gasteiger partial charge in [-0.2, -0.15) is 0 Å². The summed E-state index contributed by atoms with van der Waals surface area (Å²) in [5, 5.41) is 9.48. The number of nitrogens with zero attached hydrogens (tertiary/aromatic N) is 2. The lowest BCUT2D eigenvalue weighted by Gasteiger charge is -1.96. The van der Waals surface area contributed by atoms with E-state index in [1.807, 2.05) is 43.3 Å². The van der Waals surface area contributed by atoms with Crippen LogP contribution in [0.15, 0.2) is 58.8 Å². The Bertz CT molecular complexity index is 848. The number of hydrogen-bond donors (Lipinski definition) is 2. The summed E-state index contributed by atoms with van der Waals surface area (Å²) in [5.41, 5.74) is 7.39. The third kappa shape index (κ3) is 2.53. The van der Waals surface area contributed by atoms with E-state index < -0.39 is 0 Å². The number of nitrogen functional groups attached to an aromatic ring is 1. The van der Waals surface area contributed by atoms with Gasteiger partial charge in [-0.05, 0) is 19.1 Å². The van der Waals surface area contributed by atoms with Gasteiger partial charge in [0.15, 0.2) is 5.82 Å². The molecule has 0 saturated carbocycles. The summed E-state index contributed by atoms with van der Waals surface area (Å²) in [4.78, 5) is 14.9. The van der Waals surface area contributed by atoms with Gasteiger partial charge in [-0.25, -0.2) is 0 Å². The van der Waals surface area contributed by atoms with Crippen LogP contribution in [0.25, 0.3) is 10.8 Å². The number of H-pyrrole nitrogens is 1. The third-order valence-corrected chi connectivity index (χ3v) is 3.23. The minimum atomic E-state index is -0.379. The average molecular weight is 278 g/mol. The van der Waals surface area contributed by atoms with Crippen LogP contribution in [0.5, 0.6) is 0 Å². The van der Waals surface area contributed by atoms with Gasteiger partial charge in [0.05, 0.1) is 0 Å². The van der Waals surface area contributed by atoms with Crippen molar-refractivity contribution < 1.29 is 4.79 Å². The molecule has 0 atom stereocenters. The van der Waals surface area contributed by atoms with Gasteiger partial charge in [0, 0.05) is 16.3 Å². The largest absolute Gasteiger partial charge is 0.385 e. The Labute approximate surface area is 121 Å². The number of amides is 1. The molecule has 104 valence electrons. The van der Waals surface area contributed by atoms with Gasteiger partial charge in [0.2, 0.25) is 0 Å². The van der Waals surface area contributed by atoms with E-state index in [1.54, 1.807) is 12.1 Å². The zero-order chi connectivity index (χ0) is 14.8. The normalized spacial score (nSPS) is 11.3. The fourth-order valence-corrected chi connectivity index (χ4v) is 2.20. The molecule has 21 heavy (non-hydrogen) atoms. The van der Waals surface area contributed by atoms with E-state index in [1.165, 1.54) is 0 Å². The van der Waals surface area contributed by atoms with Gasteiger partial charge in [0.25, 0.3) is 5.91 Å². The smallest absolute Gasteiger partial charge is 0.295 e. The highest BCUT2D eigenvalue weighted by Crippen LogP contribution is 2.30. The number of aromatic amines is 1. The van der Waals surface area contributed by atoms with Crippen molar-refractivity contribution in [2.75, 3.05) is 5.73 Å². The van der Waals surface area contributed by atoms with E-state index in [4.69, 9.17) is 5.73 Å². The lowest BCUT2D eigenvalue weighted by molar-refractivity contribution is 0.0995. The lowest BCUT2D eigenvalue weighted by atomic mass is 10.1. The monoisotopic (exact) mass is 278 g/mol. The molecule has 1 amide bonds. The van der Waals surface area contributed by atoms with Crippen LogP contribution < -0.4 is 5.73 Å². The molecule has 2 aromatic carbocycles. The topological polar surface area (TPSA) is 83.6 Å². The quantitative estimate of drug-likeness (QED) is 0.695. The number of anilines is 1. The molecular formula is C16H14N4O. The van der Waals surface area contributed by atoms with Crippen LogP contribution in [-0.4, -0.2) is 10.9 Å². The van der Waals surface area contributed by atoms with Gasteiger partial charge >= 0.3 is 0 Å². The summed E-state index contributed by atoms with van der Waals surface area (Å²) in [6.45, 7) is 1.92. The average Bonchev–Trinajstić information content (AvgIpc) is 2.82. The third-order valence-electron chi connectivity index (χ3n) is 3.23. The molecule has 0 unspecified atom stereocenters. The van der Waals surface area contributed by atoms with Gasteiger partial charge in [-0.15, -0.1) is 10.2 Å². The van der Waals surface area contributed by atoms with Crippen molar-refractivity contribution in [3.05, 3.63) is 59.7 Å². The van der Waals surface area contributed by atoms with Crippen LogP contribution in [0, 0.1) is 6.92 Å². The van der Waals surface area contributed by atoms with E-state index in [2.05, 4.69) is 15.2 Å². The predicted octanol–water partition coefficient (Wildman–Crippen LogP) is 3.98. The van der Waals surface area contributed by atoms with Crippen LogP contribution in [0.4, 0.5) is 11.6 Å². The molecule has 5 heteroatoms. The first kappa shape index (κ1) is 13.1. The van der Waals surface area contributed by atoms with Crippen LogP contribution in [0.2, 0.25) is 0 Å². The summed E-state index contributed by atoms with van der Waals surface area (Å²) in [6.07, 6.45) is 0. The van der Waals surface area contributed by atoms with Crippen molar-refractivity contribution >= 4 is 28.3 Å². The molecule has 5 nitrogen and oxygen atoms in total. The molecule has 0 spiro atoms. The Morgan fingerprint density at radius 3 is 2.62 bits per heavy atom. The molecule has 1 heterocycles. The first-order valence-corrected chi connectivity index (χ1v) is 6.54. The molecule has 3 rings (SSSR count). The minimum Gasteiger partial charge on any atom is -0.385 e. The Hall–Kier alpha value is -2.95. The van der Waals surface area contributed by atoms with Crippen LogP contribution in [0.3, 0.4) is 0 Å². The van der Waals surface area contributed by atoms with Crippen LogP contribution >= 0.6 is 0 Å². The van der Waals surface area contributed by atoms with Crippen LogP contribution in [0.1, 0.15) is 15.9 Å². The number of aromatic nitrogens is 1. The Morgan fingerprint density at radius 1 is 1.10 bits per heavy atom. The standard InChI is InChI=1S/C16H14N4O/c1-10-5-4-6-11(9-10)16(21)20-19-15-13-8-3-2-7-12(13)14(17)18-15/h2-9,18H,17H2,1H3. The van der Waals surface area contributed by atoms with Crippen LogP contribution in [-0.2, 0) is 0 Å². The van der Waals surface area contributed by atoms with Crippen molar-refractivity contribution in [1.29, 1.82) is 0 Å². The summed E-state index contributed by atoms with van der Waals surface area (Å²) in [6, 6.07) is 14.8. The lowest BCUT2D eigenvalue weighted by Crippen LogP contribution is -1.93. The second kappa shape index (κ2) is 5.20. The minimum absolute atomic E-state index is 0.379. The van der Waals surface area contributed by atoms with Gasteiger partial charge in [-0.3, -0.25) is 4.79 Å². The van der Waals surface area contributed by atoms with Crippen molar-refractivity contribution in [2.24, 2.45) is 10.2 Å². The Morgan fingerprint density at radius 2 is 1.86 bits per heavy atom. The second-order valence-corrected chi connectivity index (χ2v) is 4.81. The van der Waals surface area contributed by atoms with E-state index >= 15 is 0 Å². The van der Waals surface area contributed by atoms with E-state index in [0.29, 0.717) is 17.2 Å². The van der Waals surface area contributed by atoms with E-state index in [-0.39, 0.29) is 5.91 Å². The van der Waals surface area contributed by atoms with E-state index in [9.17, 15) is 4.79 Å². The highest BCUT2D eigenvalue weighted by Gasteiger charge is 2.08. The molecule has 0 radical (unpaired) electrons. The molecule has 0 bridgehead atoms. The summed E-state index contributed by atoms with van der Waals surface area (Å²) >= 11 is 0. The fourth-order valence-electron chi connectivity index (χ4n) is 2.20. The van der Waals surface area contributed by atoms with Crippen molar-refractivity contribution in [3.8, 4) is 0 Å². The first-order chi connectivity index (χ1) is 10.1. The van der Waals surface area contributed by atoms with Crippen molar-refractivity contribution in [1.82, 2.24) is 4.98 Å². The number of rotatable bonds is 2. The molecule has 3 aromatic rings. The first-order valence-electron chi connectivity index (χ1n) is 6.54. The number of hydrogen-bond acceptors (Lipinski definition) is 3. The summed E-state index contributed by atoms with van der Waals surface area (Å²) in [7, 11) is 0. The maximum absolute atomic E-state index is 12.0. The SMILES string of the molecule is Cc1cccc(C(=O)N=Nc2[nH]c(N)c3ccccc23)c1. The number of aryl methyl sites for hydroxylation is 1. The zero-order valence-electron chi connectivity index (χ0n) is 11.5. The predicted molar refractivity (Wildman–Crippen MR) is 82.7 cm³/mol. The number of carbonyl (C=O) groups is 1. The van der Waals surface area contributed by atoms with Gasteiger partial charge < -0.3 is 10.7 Å². The van der Waals surface area contributed by atoms with Gasteiger partial charge in [0.1, 0.15) is 5.82 Å². The Balaban J connectivity index is 1.93. The number of carbonyl (C=O) groups excluding carboxylic acids is 1. The summed E-state index contributed by atoms with van der Waals surface area (Å²) < 4.78 is 0. The molecule has 0 aliphatic carbocycles. The summed E-state index contributed by atoms with van der Waals surface area (Å²) in [5.74, 6) is 0.627. The number of nitrogens with two attached hydrogens (primary N) is 1. The second-order valence-electron chi connectivity index (χ2n) is 4.81. The molecule has 0 fully saturated rings. The number of nitrogens with one attached hydrogen (secondary N) is 1. The molecule has 0 aliphatic heterocycles. The van der Waals surface area contributed by atoms with Crippen molar-refractivity contribution in [3.63, 3.8) is 0 Å². The molecular weight excluding hydrogens is 264 g/mol. The molecule has 0 aliphatic rings. The molecule has 1 aromatic heterocycles. The zero-order valence-corrected chi connectivity index (χ0v) is 11.5. The highest BCUT2D eigenvalue weighted by atomic mass is 16.1. The van der Waals surface area contributed by atoms with Gasteiger partial charge in [-0.1, -0.05) is 42.0 Å². The number of fused-ring (bicyclic) bond motifs is 1.